The number of aromatic hydroxyl groups is 1. The number of benzene rings is 1. The fourth-order valence-electron chi connectivity index (χ4n) is 2.03. The van der Waals surface area contributed by atoms with E-state index in [4.69, 9.17) is 0 Å². The van der Waals surface area contributed by atoms with Crippen LogP contribution in [0.15, 0.2) is 18.2 Å². The first kappa shape index (κ1) is 16.4. The van der Waals surface area contributed by atoms with Crippen LogP contribution in [0, 0.1) is 0 Å². The molecule has 1 rings (SSSR count). The monoisotopic (exact) mass is 281 g/mol. The maximum atomic E-state index is 10.2. The molecule has 0 heterocycles. The molecule has 19 heavy (non-hydrogen) atoms. The third kappa shape index (κ3) is 6.35. The van der Waals surface area contributed by atoms with Crippen molar-refractivity contribution in [1.82, 2.24) is 4.90 Å². The highest BCUT2D eigenvalue weighted by Crippen LogP contribution is 2.25. The van der Waals surface area contributed by atoms with Crippen molar-refractivity contribution < 1.29 is 5.11 Å². The van der Waals surface area contributed by atoms with Crippen molar-refractivity contribution in [1.29, 1.82) is 0 Å². The van der Waals surface area contributed by atoms with Gasteiger partial charge in [0.05, 0.1) is 0 Å². The standard InChI is InChI=1S/C16H27NOS/c1-4-5-11-19-12-7-10-14-8-6-9-15(16(14)18)13-17(2)3/h6,8-9,18H,4-5,7,10-13H2,1-3H3. The van der Waals surface area contributed by atoms with Crippen LogP contribution in [0.25, 0.3) is 0 Å². The Balaban J connectivity index is 2.41. The molecule has 0 saturated carbocycles. The first-order valence-electron chi connectivity index (χ1n) is 7.17. The van der Waals surface area contributed by atoms with Gasteiger partial charge in [0.2, 0.25) is 0 Å². The predicted molar refractivity (Wildman–Crippen MR) is 86.1 cm³/mol. The molecule has 1 aromatic rings. The van der Waals surface area contributed by atoms with Gasteiger partial charge >= 0.3 is 0 Å². The summed E-state index contributed by atoms with van der Waals surface area (Å²) in [5.41, 5.74) is 2.12. The van der Waals surface area contributed by atoms with Crippen LogP contribution >= 0.6 is 11.8 Å². The summed E-state index contributed by atoms with van der Waals surface area (Å²) >= 11 is 2.03. The van der Waals surface area contributed by atoms with E-state index in [1.165, 1.54) is 24.3 Å². The van der Waals surface area contributed by atoms with Crippen LogP contribution in [0.4, 0.5) is 0 Å². The molecule has 0 radical (unpaired) electrons. The average Bonchev–Trinajstić information content (AvgIpc) is 2.37. The number of para-hydroxylation sites is 1. The van der Waals surface area contributed by atoms with Crippen LogP contribution < -0.4 is 0 Å². The number of nitrogens with zero attached hydrogens (tertiary/aromatic N) is 1. The molecule has 0 amide bonds. The van der Waals surface area contributed by atoms with E-state index in [0.29, 0.717) is 5.75 Å². The Morgan fingerprint density at radius 2 is 1.79 bits per heavy atom. The Hall–Kier alpha value is -0.670. The second-order valence-corrected chi connectivity index (χ2v) is 6.46. The summed E-state index contributed by atoms with van der Waals surface area (Å²) in [4.78, 5) is 2.08. The summed E-state index contributed by atoms with van der Waals surface area (Å²) in [6.07, 6.45) is 4.72. The Morgan fingerprint density at radius 3 is 2.47 bits per heavy atom. The van der Waals surface area contributed by atoms with E-state index in [0.717, 1.165) is 30.5 Å². The molecule has 0 aliphatic carbocycles. The van der Waals surface area contributed by atoms with Gasteiger partial charge in [0.1, 0.15) is 5.75 Å². The van der Waals surface area contributed by atoms with Gasteiger partial charge in [0.15, 0.2) is 0 Å². The normalized spacial score (nSPS) is 11.2. The number of hydrogen-bond donors (Lipinski definition) is 1. The van der Waals surface area contributed by atoms with E-state index in [9.17, 15) is 5.11 Å². The van der Waals surface area contributed by atoms with Gasteiger partial charge in [-0.25, -0.2) is 0 Å². The first-order chi connectivity index (χ1) is 9.15. The largest absolute Gasteiger partial charge is 0.507 e. The lowest BCUT2D eigenvalue weighted by Crippen LogP contribution is -2.11. The molecule has 0 unspecified atom stereocenters. The zero-order chi connectivity index (χ0) is 14.1. The van der Waals surface area contributed by atoms with Crippen LogP contribution in [0.2, 0.25) is 0 Å². The zero-order valence-electron chi connectivity index (χ0n) is 12.5. The van der Waals surface area contributed by atoms with Crippen LogP contribution in [-0.4, -0.2) is 35.6 Å². The fourth-order valence-corrected chi connectivity index (χ4v) is 3.07. The summed E-state index contributed by atoms with van der Waals surface area (Å²) in [7, 11) is 4.05. The van der Waals surface area contributed by atoms with Gasteiger partial charge in [-0.05, 0) is 50.4 Å². The molecule has 0 aliphatic rings. The van der Waals surface area contributed by atoms with Gasteiger partial charge < -0.3 is 10.0 Å². The topological polar surface area (TPSA) is 23.5 Å². The minimum Gasteiger partial charge on any atom is -0.507 e. The lowest BCUT2D eigenvalue weighted by molar-refractivity contribution is 0.384. The maximum Gasteiger partial charge on any atom is 0.123 e. The highest BCUT2D eigenvalue weighted by molar-refractivity contribution is 7.99. The number of thioether (sulfide) groups is 1. The number of phenolic OH excluding ortho intramolecular Hbond substituents is 1. The summed E-state index contributed by atoms with van der Waals surface area (Å²) in [6.45, 7) is 3.03. The third-order valence-corrected chi connectivity index (χ3v) is 4.22. The maximum absolute atomic E-state index is 10.2. The van der Waals surface area contributed by atoms with Crippen LogP contribution in [0.5, 0.6) is 5.75 Å². The number of rotatable bonds is 9. The second kappa shape index (κ2) is 9.27. The van der Waals surface area contributed by atoms with E-state index >= 15 is 0 Å². The van der Waals surface area contributed by atoms with Crippen molar-refractivity contribution in [3.05, 3.63) is 29.3 Å². The molecule has 2 nitrogen and oxygen atoms in total. The van der Waals surface area contributed by atoms with Crippen molar-refractivity contribution >= 4 is 11.8 Å². The molecular formula is C16H27NOS. The Kier molecular flexibility index (Phi) is 7.99. The Morgan fingerprint density at radius 1 is 1.11 bits per heavy atom. The van der Waals surface area contributed by atoms with E-state index in [2.05, 4.69) is 17.9 Å². The fraction of sp³-hybridized carbons (Fsp3) is 0.625. The van der Waals surface area contributed by atoms with Gasteiger partial charge in [-0.15, -0.1) is 0 Å². The lowest BCUT2D eigenvalue weighted by atomic mass is 10.0. The van der Waals surface area contributed by atoms with E-state index in [-0.39, 0.29) is 0 Å². The SMILES string of the molecule is CCCCSCCCc1cccc(CN(C)C)c1O. The van der Waals surface area contributed by atoms with Crippen molar-refractivity contribution in [3.63, 3.8) is 0 Å². The Labute approximate surface area is 122 Å². The zero-order valence-corrected chi connectivity index (χ0v) is 13.3. The summed E-state index contributed by atoms with van der Waals surface area (Å²) in [6, 6.07) is 6.11. The summed E-state index contributed by atoms with van der Waals surface area (Å²) < 4.78 is 0. The van der Waals surface area contributed by atoms with E-state index in [1.54, 1.807) is 0 Å². The highest BCUT2D eigenvalue weighted by Gasteiger charge is 2.07. The number of aryl methyl sites for hydroxylation is 1. The molecular weight excluding hydrogens is 254 g/mol. The molecule has 0 bridgehead atoms. The van der Waals surface area contributed by atoms with Crippen molar-refractivity contribution in [3.8, 4) is 5.75 Å². The lowest BCUT2D eigenvalue weighted by Gasteiger charge is -2.13. The number of unbranched alkanes of at least 4 members (excludes halogenated alkanes) is 1. The molecule has 0 aliphatic heterocycles. The van der Waals surface area contributed by atoms with Gasteiger partial charge in [-0.2, -0.15) is 11.8 Å². The quantitative estimate of drug-likeness (QED) is 0.694. The molecule has 0 spiro atoms. The smallest absolute Gasteiger partial charge is 0.123 e. The van der Waals surface area contributed by atoms with Crippen LogP contribution in [0.1, 0.15) is 37.3 Å². The molecule has 0 aromatic heterocycles. The van der Waals surface area contributed by atoms with Gasteiger partial charge in [0.25, 0.3) is 0 Å². The van der Waals surface area contributed by atoms with Crippen molar-refractivity contribution in [2.45, 2.75) is 39.2 Å². The van der Waals surface area contributed by atoms with Crippen LogP contribution in [-0.2, 0) is 13.0 Å². The molecule has 3 heteroatoms. The van der Waals surface area contributed by atoms with E-state index in [1.807, 2.05) is 38.0 Å². The highest BCUT2D eigenvalue weighted by atomic mass is 32.2. The average molecular weight is 281 g/mol. The van der Waals surface area contributed by atoms with Crippen LogP contribution in [0.3, 0.4) is 0 Å². The number of hydrogen-bond acceptors (Lipinski definition) is 3. The van der Waals surface area contributed by atoms with Gasteiger partial charge in [-0.1, -0.05) is 31.5 Å². The predicted octanol–water partition coefficient (Wildman–Crippen LogP) is 3.92. The minimum absolute atomic E-state index is 0.495. The summed E-state index contributed by atoms with van der Waals surface area (Å²) in [5.74, 6) is 2.95. The molecule has 0 saturated heterocycles. The van der Waals surface area contributed by atoms with Crippen molar-refractivity contribution in [2.75, 3.05) is 25.6 Å². The molecule has 0 fully saturated rings. The first-order valence-corrected chi connectivity index (χ1v) is 8.32. The number of phenols is 1. The third-order valence-electron chi connectivity index (χ3n) is 3.07. The Bertz CT molecular complexity index is 366. The van der Waals surface area contributed by atoms with E-state index < -0.39 is 0 Å². The molecule has 0 atom stereocenters. The molecule has 108 valence electrons. The molecule has 1 aromatic carbocycles. The minimum atomic E-state index is 0.495. The second-order valence-electron chi connectivity index (χ2n) is 5.23. The van der Waals surface area contributed by atoms with Gasteiger partial charge in [0, 0.05) is 12.1 Å². The van der Waals surface area contributed by atoms with Gasteiger partial charge in [-0.3, -0.25) is 0 Å². The van der Waals surface area contributed by atoms with Crippen molar-refractivity contribution in [2.24, 2.45) is 0 Å². The summed E-state index contributed by atoms with van der Waals surface area (Å²) in [5, 5.41) is 10.2. The molecule has 1 N–H and O–H groups in total.